The van der Waals surface area contributed by atoms with Crippen molar-refractivity contribution in [3.63, 3.8) is 0 Å². The second kappa shape index (κ2) is 5.03. The Balaban J connectivity index is 1.99. The van der Waals surface area contributed by atoms with E-state index in [0.29, 0.717) is 5.54 Å². The Kier molecular flexibility index (Phi) is 3.88. The molecule has 1 aliphatic heterocycles. The highest BCUT2D eigenvalue weighted by molar-refractivity contribution is 4.97. The molecule has 1 saturated carbocycles. The van der Waals surface area contributed by atoms with Crippen molar-refractivity contribution in [3.05, 3.63) is 0 Å². The molecule has 2 fully saturated rings. The first-order chi connectivity index (χ1) is 7.70. The quantitative estimate of drug-likeness (QED) is 0.761. The summed E-state index contributed by atoms with van der Waals surface area (Å²) in [6.07, 6.45) is 5.38. The maximum Gasteiger partial charge on any atom is 0.0356 e. The van der Waals surface area contributed by atoms with Gasteiger partial charge in [-0.25, -0.2) is 0 Å². The van der Waals surface area contributed by atoms with Crippen LogP contribution in [0.4, 0.5) is 0 Å². The molecule has 0 aromatic heterocycles. The van der Waals surface area contributed by atoms with Crippen LogP contribution < -0.4 is 5.73 Å². The van der Waals surface area contributed by atoms with Crippen molar-refractivity contribution >= 4 is 0 Å². The lowest BCUT2D eigenvalue weighted by molar-refractivity contribution is 0.0341. The number of piperidine rings is 1. The highest BCUT2D eigenvalue weighted by Crippen LogP contribution is 2.35. The van der Waals surface area contributed by atoms with Gasteiger partial charge in [-0.2, -0.15) is 0 Å². The molecule has 1 saturated heterocycles. The van der Waals surface area contributed by atoms with Gasteiger partial charge in [-0.15, -0.1) is 0 Å². The monoisotopic (exact) mass is 225 g/mol. The zero-order valence-corrected chi connectivity index (χ0v) is 10.9. The van der Waals surface area contributed by atoms with Gasteiger partial charge in [0.1, 0.15) is 0 Å². The molecular weight excluding hydrogens is 198 g/mol. The molecule has 0 spiro atoms. The minimum atomic E-state index is 0.309. The van der Waals surface area contributed by atoms with E-state index in [1.165, 1.54) is 45.3 Å². The summed E-state index contributed by atoms with van der Waals surface area (Å²) >= 11 is 0. The molecule has 0 atom stereocenters. The van der Waals surface area contributed by atoms with Crippen molar-refractivity contribution in [1.82, 2.24) is 9.80 Å². The summed E-state index contributed by atoms with van der Waals surface area (Å²) < 4.78 is 0. The molecule has 0 amide bonds. The fourth-order valence-corrected chi connectivity index (χ4v) is 2.95. The summed E-state index contributed by atoms with van der Waals surface area (Å²) in [5, 5.41) is 0. The van der Waals surface area contributed by atoms with Crippen molar-refractivity contribution in [2.75, 3.05) is 39.8 Å². The molecule has 0 bridgehead atoms. The largest absolute Gasteiger partial charge is 0.329 e. The van der Waals surface area contributed by atoms with Gasteiger partial charge >= 0.3 is 0 Å². The van der Waals surface area contributed by atoms with Crippen LogP contribution in [0.3, 0.4) is 0 Å². The van der Waals surface area contributed by atoms with Crippen LogP contribution in [0.5, 0.6) is 0 Å². The summed E-state index contributed by atoms with van der Waals surface area (Å²) in [6, 6.07) is 0. The number of hydrogen-bond acceptors (Lipinski definition) is 3. The number of rotatable bonds is 5. The van der Waals surface area contributed by atoms with Crippen LogP contribution in [0.1, 0.15) is 32.6 Å². The number of likely N-dealkylation sites (N-methyl/N-ethyl adjacent to an activating group) is 1. The van der Waals surface area contributed by atoms with Crippen LogP contribution in [0.15, 0.2) is 0 Å². The average Bonchev–Trinajstić information content (AvgIpc) is 3.12. The number of hydrogen-bond donors (Lipinski definition) is 1. The minimum absolute atomic E-state index is 0.309. The summed E-state index contributed by atoms with van der Waals surface area (Å²) in [5.41, 5.74) is 6.41. The SMILES string of the molecule is CCN(CC1CC1)C1(CN)CCN(C)CC1. The van der Waals surface area contributed by atoms with Gasteiger partial charge < -0.3 is 10.6 Å². The predicted molar refractivity (Wildman–Crippen MR) is 68.5 cm³/mol. The van der Waals surface area contributed by atoms with Gasteiger partial charge in [0.15, 0.2) is 0 Å². The molecule has 2 rings (SSSR count). The fraction of sp³-hybridized carbons (Fsp3) is 1.00. The Hall–Kier alpha value is -0.120. The minimum Gasteiger partial charge on any atom is -0.329 e. The summed E-state index contributed by atoms with van der Waals surface area (Å²) in [6.45, 7) is 7.99. The third kappa shape index (κ3) is 2.58. The Morgan fingerprint density at radius 1 is 1.31 bits per heavy atom. The van der Waals surface area contributed by atoms with E-state index >= 15 is 0 Å². The average molecular weight is 225 g/mol. The third-order valence-corrected chi connectivity index (χ3v) is 4.53. The van der Waals surface area contributed by atoms with Crippen molar-refractivity contribution in [2.45, 2.75) is 38.1 Å². The molecule has 0 aromatic carbocycles. The van der Waals surface area contributed by atoms with E-state index < -0.39 is 0 Å². The van der Waals surface area contributed by atoms with Gasteiger partial charge in [0, 0.05) is 18.6 Å². The Labute approximate surface area is 100.0 Å². The van der Waals surface area contributed by atoms with E-state index in [1.54, 1.807) is 0 Å². The van der Waals surface area contributed by atoms with Crippen LogP contribution >= 0.6 is 0 Å². The number of nitrogens with two attached hydrogens (primary N) is 1. The molecule has 2 N–H and O–H groups in total. The van der Waals surface area contributed by atoms with Gasteiger partial charge in [0.2, 0.25) is 0 Å². The first-order valence-electron chi connectivity index (χ1n) is 6.84. The lowest BCUT2D eigenvalue weighted by atomic mass is 9.85. The van der Waals surface area contributed by atoms with Crippen LogP contribution in [0.2, 0.25) is 0 Å². The molecule has 94 valence electrons. The second-order valence-corrected chi connectivity index (χ2v) is 5.71. The fourth-order valence-electron chi connectivity index (χ4n) is 2.95. The van der Waals surface area contributed by atoms with Gasteiger partial charge in [-0.05, 0) is 58.3 Å². The molecule has 0 radical (unpaired) electrons. The summed E-state index contributed by atoms with van der Waals surface area (Å²) in [4.78, 5) is 5.11. The summed E-state index contributed by atoms with van der Waals surface area (Å²) in [7, 11) is 2.22. The maximum atomic E-state index is 6.10. The standard InChI is InChI=1S/C13H27N3/c1-3-16(10-12-4-5-12)13(11-14)6-8-15(2)9-7-13/h12H,3-11,14H2,1-2H3. The van der Waals surface area contributed by atoms with Gasteiger partial charge in [0.25, 0.3) is 0 Å². The van der Waals surface area contributed by atoms with E-state index in [9.17, 15) is 0 Å². The molecule has 0 unspecified atom stereocenters. The van der Waals surface area contributed by atoms with Crippen molar-refractivity contribution < 1.29 is 0 Å². The lowest BCUT2D eigenvalue weighted by Crippen LogP contribution is -2.59. The molecule has 0 aromatic rings. The van der Waals surface area contributed by atoms with Gasteiger partial charge in [0.05, 0.1) is 0 Å². The molecule has 1 heterocycles. The zero-order valence-electron chi connectivity index (χ0n) is 10.9. The first-order valence-corrected chi connectivity index (χ1v) is 6.84. The predicted octanol–water partition coefficient (Wildman–Crippen LogP) is 1.14. The first kappa shape index (κ1) is 12.3. The molecule has 1 aliphatic carbocycles. The van der Waals surface area contributed by atoms with Gasteiger partial charge in [-0.1, -0.05) is 6.92 Å². The number of likely N-dealkylation sites (tertiary alicyclic amines) is 1. The topological polar surface area (TPSA) is 32.5 Å². The zero-order chi connectivity index (χ0) is 11.6. The molecule has 16 heavy (non-hydrogen) atoms. The van der Waals surface area contributed by atoms with Gasteiger partial charge in [-0.3, -0.25) is 4.90 Å². The van der Waals surface area contributed by atoms with Crippen molar-refractivity contribution in [3.8, 4) is 0 Å². The van der Waals surface area contributed by atoms with Crippen molar-refractivity contribution in [1.29, 1.82) is 0 Å². The van der Waals surface area contributed by atoms with E-state index in [0.717, 1.165) is 19.0 Å². The highest BCUT2D eigenvalue weighted by Gasteiger charge is 2.39. The molecule has 3 nitrogen and oxygen atoms in total. The van der Waals surface area contributed by atoms with E-state index in [4.69, 9.17) is 5.73 Å². The Morgan fingerprint density at radius 2 is 1.94 bits per heavy atom. The van der Waals surface area contributed by atoms with Crippen LogP contribution in [0.25, 0.3) is 0 Å². The Morgan fingerprint density at radius 3 is 2.38 bits per heavy atom. The maximum absolute atomic E-state index is 6.10. The molecule has 3 heteroatoms. The third-order valence-electron chi connectivity index (χ3n) is 4.53. The lowest BCUT2D eigenvalue weighted by Gasteiger charge is -2.47. The van der Waals surface area contributed by atoms with Crippen molar-refractivity contribution in [2.24, 2.45) is 11.7 Å². The van der Waals surface area contributed by atoms with E-state index in [1.807, 2.05) is 0 Å². The second-order valence-electron chi connectivity index (χ2n) is 5.71. The smallest absolute Gasteiger partial charge is 0.0356 e. The van der Waals surface area contributed by atoms with E-state index in [-0.39, 0.29) is 0 Å². The normalized spacial score (nSPS) is 26.2. The Bertz CT molecular complexity index is 217. The summed E-state index contributed by atoms with van der Waals surface area (Å²) in [5.74, 6) is 0.975. The molecule has 2 aliphatic rings. The van der Waals surface area contributed by atoms with Crippen LogP contribution in [-0.2, 0) is 0 Å². The highest BCUT2D eigenvalue weighted by atomic mass is 15.2. The van der Waals surface area contributed by atoms with Crippen LogP contribution in [-0.4, -0.2) is 55.1 Å². The van der Waals surface area contributed by atoms with E-state index in [2.05, 4.69) is 23.8 Å². The van der Waals surface area contributed by atoms with Crippen LogP contribution in [0, 0.1) is 5.92 Å². The number of nitrogens with zero attached hydrogens (tertiary/aromatic N) is 2. The molecular formula is C13H27N3.